The van der Waals surface area contributed by atoms with Gasteiger partial charge in [0.15, 0.2) is 0 Å². The van der Waals surface area contributed by atoms with E-state index in [4.69, 9.17) is 12.2 Å². The first-order valence-electron chi connectivity index (χ1n) is 3.96. The van der Waals surface area contributed by atoms with Gasteiger partial charge in [-0.1, -0.05) is 18.6 Å². The predicted molar refractivity (Wildman–Crippen MR) is 46.7 cm³/mol. The molecule has 0 N–H and O–H groups in total. The standard InChI is InChI=1S/C10H15N/c1-9(2)5-4-6-10(3)7-8-11/h1,5,10H,4,6-7H2,2-3H3/b9-5-. The van der Waals surface area contributed by atoms with Crippen molar-refractivity contribution in [3.05, 3.63) is 18.6 Å². The number of rotatable bonds is 4. The number of nitrogens with zero attached hydrogens (tertiary/aromatic N) is 1. The molecule has 0 amide bonds. The molecule has 0 aliphatic heterocycles. The second-order valence-corrected chi connectivity index (χ2v) is 2.99. The van der Waals surface area contributed by atoms with Gasteiger partial charge >= 0.3 is 0 Å². The lowest BCUT2D eigenvalue weighted by Crippen LogP contribution is -1.91. The number of allylic oxidation sites excluding steroid dienone is 2. The van der Waals surface area contributed by atoms with Crippen molar-refractivity contribution in [2.75, 3.05) is 0 Å². The second kappa shape index (κ2) is 5.97. The Morgan fingerprint density at radius 2 is 2.36 bits per heavy atom. The minimum Gasteiger partial charge on any atom is -0.198 e. The van der Waals surface area contributed by atoms with Crippen LogP contribution in [0.15, 0.2) is 11.6 Å². The van der Waals surface area contributed by atoms with Crippen molar-refractivity contribution in [1.29, 1.82) is 5.26 Å². The molecular weight excluding hydrogens is 134 g/mol. The van der Waals surface area contributed by atoms with Crippen molar-refractivity contribution < 1.29 is 0 Å². The number of hydrogen-bond donors (Lipinski definition) is 0. The smallest absolute Gasteiger partial charge is 0.0624 e. The van der Waals surface area contributed by atoms with Gasteiger partial charge in [-0.15, -0.1) is 0 Å². The van der Waals surface area contributed by atoms with Gasteiger partial charge in [0.2, 0.25) is 0 Å². The van der Waals surface area contributed by atoms with Crippen LogP contribution in [0.4, 0.5) is 0 Å². The van der Waals surface area contributed by atoms with E-state index < -0.39 is 0 Å². The minimum atomic E-state index is 0.496. The molecule has 1 heteroatoms. The van der Waals surface area contributed by atoms with E-state index in [1.165, 1.54) is 0 Å². The Hall–Kier alpha value is -0.770. The van der Waals surface area contributed by atoms with E-state index >= 15 is 0 Å². The number of nitriles is 1. The van der Waals surface area contributed by atoms with E-state index in [0.29, 0.717) is 12.3 Å². The maximum atomic E-state index is 8.36. The maximum absolute atomic E-state index is 8.36. The van der Waals surface area contributed by atoms with Crippen molar-refractivity contribution in [1.82, 2.24) is 0 Å². The lowest BCUT2D eigenvalue weighted by Gasteiger charge is -2.02. The summed E-state index contributed by atoms with van der Waals surface area (Å²) >= 11 is 0. The molecule has 0 heterocycles. The molecular formula is C10H15N. The molecule has 0 aromatic rings. The molecule has 60 valence electrons. The van der Waals surface area contributed by atoms with Gasteiger partial charge in [0.05, 0.1) is 6.07 Å². The molecule has 1 atom stereocenters. The van der Waals surface area contributed by atoms with Crippen molar-refractivity contribution in [3.63, 3.8) is 0 Å². The van der Waals surface area contributed by atoms with Crippen LogP contribution in [0, 0.1) is 24.2 Å². The zero-order valence-corrected chi connectivity index (χ0v) is 7.30. The van der Waals surface area contributed by atoms with Crippen LogP contribution in [0.3, 0.4) is 0 Å². The monoisotopic (exact) mass is 149 g/mol. The predicted octanol–water partition coefficient (Wildman–Crippen LogP) is 2.97. The summed E-state index contributed by atoms with van der Waals surface area (Å²) in [5, 5.41) is 8.36. The molecule has 0 saturated heterocycles. The maximum Gasteiger partial charge on any atom is 0.0624 e. The van der Waals surface area contributed by atoms with Gasteiger partial charge in [-0.3, -0.25) is 0 Å². The Morgan fingerprint density at radius 1 is 1.73 bits per heavy atom. The Morgan fingerprint density at radius 3 is 2.82 bits per heavy atom. The summed E-state index contributed by atoms with van der Waals surface area (Å²) in [4.78, 5) is 0. The first kappa shape index (κ1) is 10.2. The Balaban J connectivity index is 3.40. The van der Waals surface area contributed by atoms with Crippen LogP contribution in [-0.4, -0.2) is 0 Å². The van der Waals surface area contributed by atoms with Crippen LogP contribution in [0.25, 0.3) is 0 Å². The van der Waals surface area contributed by atoms with Gasteiger partial charge in [-0.2, -0.15) is 5.26 Å². The van der Waals surface area contributed by atoms with E-state index in [0.717, 1.165) is 18.4 Å². The second-order valence-electron chi connectivity index (χ2n) is 2.99. The van der Waals surface area contributed by atoms with Gasteiger partial charge in [-0.05, 0) is 32.6 Å². The normalized spacial score (nSPS) is 14.2. The van der Waals surface area contributed by atoms with Crippen LogP contribution in [0.5, 0.6) is 0 Å². The Labute approximate surface area is 69.7 Å². The minimum absolute atomic E-state index is 0.496. The van der Waals surface area contributed by atoms with Crippen molar-refractivity contribution in [3.8, 4) is 6.07 Å². The highest BCUT2D eigenvalue weighted by atomic mass is 14.2. The van der Waals surface area contributed by atoms with E-state index in [9.17, 15) is 0 Å². The van der Waals surface area contributed by atoms with E-state index in [1.807, 2.05) is 13.0 Å². The van der Waals surface area contributed by atoms with Gasteiger partial charge < -0.3 is 0 Å². The molecule has 2 radical (unpaired) electrons. The molecule has 0 fully saturated rings. The summed E-state index contributed by atoms with van der Waals surface area (Å²) in [6, 6.07) is 2.15. The molecule has 1 unspecified atom stereocenters. The van der Waals surface area contributed by atoms with Gasteiger partial charge in [0.25, 0.3) is 0 Å². The van der Waals surface area contributed by atoms with Crippen LogP contribution in [0.1, 0.15) is 33.1 Å². The van der Waals surface area contributed by atoms with Crippen molar-refractivity contribution >= 4 is 0 Å². The van der Waals surface area contributed by atoms with E-state index in [1.54, 1.807) is 0 Å². The lowest BCUT2D eigenvalue weighted by atomic mass is 10.0. The molecule has 0 aliphatic carbocycles. The fraction of sp³-hybridized carbons (Fsp3) is 0.600. The van der Waals surface area contributed by atoms with E-state index in [-0.39, 0.29) is 0 Å². The summed E-state index contributed by atoms with van der Waals surface area (Å²) in [6.07, 6.45) is 4.71. The molecule has 0 rings (SSSR count). The van der Waals surface area contributed by atoms with Crippen LogP contribution >= 0.6 is 0 Å². The first-order valence-corrected chi connectivity index (χ1v) is 3.96. The van der Waals surface area contributed by atoms with Crippen molar-refractivity contribution in [2.24, 2.45) is 5.92 Å². The number of hydrogen-bond acceptors (Lipinski definition) is 1. The highest BCUT2D eigenvalue weighted by Gasteiger charge is 1.98. The fourth-order valence-corrected chi connectivity index (χ4v) is 0.853. The summed E-state index contributed by atoms with van der Waals surface area (Å²) in [5.41, 5.74) is 0.870. The highest BCUT2D eigenvalue weighted by molar-refractivity contribution is 5.00. The molecule has 0 aromatic heterocycles. The average Bonchev–Trinajstić information content (AvgIpc) is 1.87. The highest BCUT2D eigenvalue weighted by Crippen LogP contribution is 2.10. The largest absolute Gasteiger partial charge is 0.198 e. The zero-order chi connectivity index (χ0) is 8.69. The molecule has 0 spiro atoms. The third-order valence-corrected chi connectivity index (χ3v) is 1.57. The van der Waals surface area contributed by atoms with Crippen LogP contribution in [0.2, 0.25) is 0 Å². The molecule has 11 heavy (non-hydrogen) atoms. The molecule has 1 nitrogen and oxygen atoms in total. The molecule has 0 saturated carbocycles. The van der Waals surface area contributed by atoms with Gasteiger partial charge in [-0.25, -0.2) is 0 Å². The third-order valence-electron chi connectivity index (χ3n) is 1.57. The summed E-state index contributed by atoms with van der Waals surface area (Å²) in [5.74, 6) is 0.496. The molecule has 0 aliphatic rings. The summed E-state index contributed by atoms with van der Waals surface area (Å²) in [6.45, 7) is 9.42. The van der Waals surface area contributed by atoms with Crippen LogP contribution in [-0.2, 0) is 0 Å². The Bertz CT molecular complexity index is 158. The van der Waals surface area contributed by atoms with Gasteiger partial charge in [0, 0.05) is 6.42 Å². The SMILES string of the molecule is [CH]/C(C)=C/CCC(C)CC#N. The third kappa shape index (κ3) is 7.12. The topological polar surface area (TPSA) is 23.8 Å². The average molecular weight is 149 g/mol. The van der Waals surface area contributed by atoms with E-state index in [2.05, 4.69) is 13.0 Å². The van der Waals surface area contributed by atoms with Crippen LogP contribution < -0.4 is 0 Å². The fourth-order valence-electron chi connectivity index (χ4n) is 0.853. The molecule has 0 aromatic carbocycles. The van der Waals surface area contributed by atoms with Gasteiger partial charge in [0.1, 0.15) is 0 Å². The summed E-state index contributed by atoms with van der Waals surface area (Å²) < 4.78 is 0. The lowest BCUT2D eigenvalue weighted by molar-refractivity contribution is 0.551. The Kier molecular flexibility index (Phi) is 5.56. The molecule has 0 bridgehead atoms. The zero-order valence-electron chi connectivity index (χ0n) is 7.30. The summed E-state index contributed by atoms with van der Waals surface area (Å²) in [7, 11) is 0. The van der Waals surface area contributed by atoms with Crippen molar-refractivity contribution in [2.45, 2.75) is 33.1 Å². The quantitative estimate of drug-likeness (QED) is 0.602. The first-order chi connectivity index (χ1) is 5.16.